The molecule has 1 atom stereocenters. The maximum atomic E-state index is 13.1. The molecular weight excluding hydrogens is 409 g/mol. The number of ether oxygens (including phenoxy) is 1. The van der Waals surface area contributed by atoms with Crippen LogP contribution in [0.25, 0.3) is 0 Å². The molecule has 0 saturated carbocycles. The summed E-state index contributed by atoms with van der Waals surface area (Å²) in [6.45, 7) is 0. The molecule has 0 saturated heterocycles. The van der Waals surface area contributed by atoms with Crippen LogP contribution in [0.15, 0.2) is 24.3 Å². The van der Waals surface area contributed by atoms with Gasteiger partial charge in [0.15, 0.2) is 0 Å². The van der Waals surface area contributed by atoms with E-state index in [2.05, 4.69) is 5.32 Å². The third-order valence-electron chi connectivity index (χ3n) is 3.94. The van der Waals surface area contributed by atoms with Crippen LogP contribution in [-0.2, 0) is 11.0 Å². The molecule has 1 aliphatic rings. The Morgan fingerprint density at radius 3 is 2.70 bits per heavy atom. The van der Waals surface area contributed by atoms with Crippen LogP contribution < -0.4 is 15.0 Å². The normalized spacial score (nSPS) is 16.7. The second kappa shape index (κ2) is 6.93. The molecule has 2 heterocycles. The molecular formula is C16H12ClF3N2O4S. The van der Waals surface area contributed by atoms with E-state index < -0.39 is 36.2 Å². The zero-order valence-electron chi connectivity index (χ0n) is 13.6. The fourth-order valence-corrected chi connectivity index (χ4v) is 4.12. The van der Waals surface area contributed by atoms with Crippen molar-refractivity contribution in [3.05, 3.63) is 39.0 Å². The number of amides is 2. The number of alkyl halides is 3. The van der Waals surface area contributed by atoms with Crippen LogP contribution >= 0.6 is 22.9 Å². The Labute approximate surface area is 160 Å². The van der Waals surface area contributed by atoms with E-state index in [1.165, 1.54) is 13.2 Å². The first-order chi connectivity index (χ1) is 12.6. The summed E-state index contributed by atoms with van der Waals surface area (Å²) >= 11 is 7.01. The standard InChI is InChI=1S/C16H12ClF3N2O4S/c1-26-11-3-2-7(16(18,19)20)4-9(11)22-10(6-13(23)24)14-8(21-15(22)25)5-12(17)27-14/h2-5,10H,6H2,1H3,(H,21,25)(H,23,24). The van der Waals surface area contributed by atoms with E-state index in [0.29, 0.717) is 14.9 Å². The number of aliphatic carboxylic acids is 1. The van der Waals surface area contributed by atoms with Crippen LogP contribution in [-0.4, -0.2) is 24.2 Å². The maximum absolute atomic E-state index is 13.1. The van der Waals surface area contributed by atoms with Gasteiger partial charge in [-0.15, -0.1) is 11.3 Å². The lowest BCUT2D eigenvalue weighted by atomic mass is 10.0. The van der Waals surface area contributed by atoms with Crippen molar-refractivity contribution in [1.29, 1.82) is 0 Å². The number of carbonyl (C=O) groups is 2. The number of fused-ring (bicyclic) bond motifs is 1. The number of hydrogen-bond donors (Lipinski definition) is 2. The number of urea groups is 1. The first-order valence-corrected chi connectivity index (χ1v) is 8.67. The van der Waals surface area contributed by atoms with E-state index >= 15 is 0 Å². The summed E-state index contributed by atoms with van der Waals surface area (Å²) in [6.07, 6.45) is -5.16. The van der Waals surface area contributed by atoms with Crippen molar-refractivity contribution in [2.75, 3.05) is 17.3 Å². The number of carbonyl (C=O) groups excluding carboxylic acids is 1. The van der Waals surface area contributed by atoms with E-state index in [1.807, 2.05) is 0 Å². The number of rotatable bonds is 4. The number of halogens is 4. The van der Waals surface area contributed by atoms with E-state index in [4.69, 9.17) is 16.3 Å². The van der Waals surface area contributed by atoms with E-state index in [0.717, 1.165) is 34.4 Å². The molecule has 0 bridgehead atoms. The van der Waals surface area contributed by atoms with Gasteiger partial charge in [0.2, 0.25) is 0 Å². The highest BCUT2D eigenvalue weighted by molar-refractivity contribution is 7.16. The summed E-state index contributed by atoms with van der Waals surface area (Å²) in [7, 11) is 1.24. The summed E-state index contributed by atoms with van der Waals surface area (Å²) in [5, 5.41) is 11.8. The van der Waals surface area contributed by atoms with Crippen molar-refractivity contribution in [2.45, 2.75) is 18.6 Å². The average Bonchev–Trinajstić information content (AvgIpc) is 2.93. The number of benzene rings is 1. The molecule has 2 N–H and O–H groups in total. The molecule has 0 spiro atoms. The first kappa shape index (κ1) is 19.3. The third-order valence-corrected chi connectivity index (χ3v) is 5.30. The van der Waals surface area contributed by atoms with Crippen LogP contribution in [0.5, 0.6) is 5.75 Å². The molecule has 2 amide bonds. The number of hydrogen-bond acceptors (Lipinski definition) is 4. The second-order valence-corrected chi connectivity index (χ2v) is 7.34. The molecule has 11 heteroatoms. The predicted molar refractivity (Wildman–Crippen MR) is 93.8 cm³/mol. The van der Waals surface area contributed by atoms with Crippen molar-refractivity contribution >= 4 is 46.3 Å². The molecule has 1 unspecified atom stereocenters. The molecule has 27 heavy (non-hydrogen) atoms. The summed E-state index contributed by atoms with van der Waals surface area (Å²) < 4.78 is 44.9. The molecule has 3 rings (SSSR count). The predicted octanol–water partition coefficient (Wildman–Crippen LogP) is 5.00. The van der Waals surface area contributed by atoms with Crippen molar-refractivity contribution in [2.24, 2.45) is 0 Å². The van der Waals surface area contributed by atoms with Crippen LogP contribution in [0.1, 0.15) is 22.9 Å². The van der Waals surface area contributed by atoms with Crippen molar-refractivity contribution in [3.63, 3.8) is 0 Å². The molecule has 144 valence electrons. The lowest BCUT2D eigenvalue weighted by Gasteiger charge is -2.35. The average molecular weight is 421 g/mol. The van der Waals surface area contributed by atoms with Gasteiger partial charge in [0.1, 0.15) is 5.75 Å². The Balaban J connectivity index is 2.18. The minimum atomic E-state index is -4.65. The Bertz CT molecular complexity index is 916. The summed E-state index contributed by atoms with van der Waals surface area (Å²) in [4.78, 5) is 25.4. The Kier molecular flexibility index (Phi) is 4.96. The fraction of sp³-hybridized carbons (Fsp3) is 0.250. The van der Waals surface area contributed by atoms with Crippen molar-refractivity contribution < 1.29 is 32.6 Å². The lowest BCUT2D eigenvalue weighted by Crippen LogP contribution is -2.43. The summed E-state index contributed by atoms with van der Waals surface area (Å²) in [6, 6.07) is 2.31. The van der Waals surface area contributed by atoms with Crippen LogP contribution in [0.4, 0.5) is 29.3 Å². The van der Waals surface area contributed by atoms with E-state index in [-0.39, 0.29) is 11.4 Å². The number of carboxylic acid groups (broad SMARTS) is 1. The number of nitrogens with one attached hydrogen (secondary N) is 1. The maximum Gasteiger partial charge on any atom is 0.416 e. The Morgan fingerprint density at radius 1 is 1.41 bits per heavy atom. The van der Waals surface area contributed by atoms with Gasteiger partial charge < -0.3 is 15.2 Å². The summed E-state index contributed by atoms with van der Waals surface area (Å²) in [5.74, 6) is -1.22. The topological polar surface area (TPSA) is 78.9 Å². The van der Waals surface area contributed by atoms with Gasteiger partial charge in [-0.1, -0.05) is 11.6 Å². The van der Waals surface area contributed by atoms with Gasteiger partial charge in [-0.2, -0.15) is 13.2 Å². The summed E-state index contributed by atoms with van der Waals surface area (Å²) in [5.41, 5.74) is -0.843. The Hall–Kier alpha value is -2.46. The van der Waals surface area contributed by atoms with E-state index in [9.17, 15) is 27.9 Å². The molecule has 1 aromatic carbocycles. The highest BCUT2D eigenvalue weighted by atomic mass is 35.5. The van der Waals surface area contributed by atoms with Crippen molar-refractivity contribution in [3.8, 4) is 5.75 Å². The smallest absolute Gasteiger partial charge is 0.416 e. The molecule has 0 fully saturated rings. The molecule has 6 nitrogen and oxygen atoms in total. The Morgan fingerprint density at radius 2 is 2.11 bits per heavy atom. The highest BCUT2D eigenvalue weighted by Crippen LogP contribution is 2.47. The minimum Gasteiger partial charge on any atom is -0.495 e. The molecule has 1 aromatic heterocycles. The van der Waals surface area contributed by atoms with Gasteiger partial charge in [-0.25, -0.2) is 4.79 Å². The molecule has 2 aromatic rings. The molecule has 1 aliphatic heterocycles. The van der Waals surface area contributed by atoms with Crippen LogP contribution in [0.3, 0.4) is 0 Å². The van der Waals surface area contributed by atoms with Gasteiger partial charge in [0, 0.05) is 0 Å². The van der Waals surface area contributed by atoms with Crippen LogP contribution in [0.2, 0.25) is 4.34 Å². The number of nitrogens with zero attached hydrogens (tertiary/aromatic N) is 1. The second-order valence-electron chi connectivity index (χ2n) is 5.63. The van der Waals surface area contributed by atoms with Crippen molar-refractivity contribution in [1.82, 2.24) is 0 Å². The van der Waals surface area contributed by atoms with Crippen LogP contribution in [0, 0.1) is 0 Å². The van der Waals surface area contributed by atoms with Gasteiger partial charge in [0.25, 0.3) is 0 Å². The van der Waals surface area contributed by atoms with E-state index in [1.54, 1.807) is 0 Å². The number of thiophene rings is 1. The molecule has 0 radical (unpaired) electrons. The number of carboxylic acids is 1. The fourth-order valence-electron chi connectivity index (χ4n) is 2.83. The first-order valence-electron chi connectivity index (χ1n) is 7.48. The lowest BCUT2D eigenvalue weighted by molar-refractivity contribution is -0.138. The van der Waals surface area contributed by atoms with Gasteiger partial charge in [-0.05, 0) is 24.3 Å². The zero-order valence-corrected chi connectivity index (χ0v) is 15.2. The number of methoxy groups -OCH3 is 1. The SMILES string of the molecule is COc1ccc(C(F)(F)F)cc1N1C(=O)Nc2cc(Cl)sc2C1CC(=O)O. The molecule has 0 aliphatic carbocycles. The zero-order chi connectivity index (χ0) is 19.9. The quantitative estimate of drug-likeness (QED) is 0.729. The number of anilines is 2. The van der Waals surface area contributed by atoms with Gasteiger partial charge >= 0.3 is 18.2 Å². The monoisotopic (exact) mass is 420 g/mol. The van der Waals surface area contributed by atoms with Gasteiger partial charge in [-0.3, -0.25) is 9.69 Å². The largest absolute Gasteiger partial charge is 0.495 e. The minimum absolute atomic E-state index is 0.000332. The third kappa shape index (κ3) is 3.67. The highest BCUT2D eigenvalue weighted by Gasteiger charge is 2.39. The van der Waals surface area contributed by atoms with Gasteiger partial charge in [0.05, 0.1) is 45.7 Å².